The SMILES string of the molecule is COc1c(C2=NC(C)(C)CO2)cc2c(c1C)OCO2. The van der Waals surface area contributed by atoms with Crippen LogP contribution in [0.2, 0.25) is 0 Å². The van der Waals surface area contributed by atoms with Crippen molar-refractivity contribution in [1.82, 2.24) is 0 Å². The van der Waals surface area contributed by atoms with Gasteiger partial charge >= 0.3 is 0 Å². The summed E-state index contributed by atoms with van der Waals surface area (Å²) in [7, 11) is 1.63. The minimum Gasteiger partial charge on any atom is -0.495 e. The maximum atomic E-state index is 5.69. The molecule has 19 heavy (non-hydrogen) atoms. The van der Waals surface area contributed by atoms with Crippen LogP contribution in [0, 0.1) is 6.92 Å². The van der Waals surface area contributed by atoms with Crippen LogP contribution >= 0.6 is 0 Å². The van der Waals surface area contributed by atoms with E-state index in [1.54, 1.807) is 7.11 Å². The predicted molar refractivity (Wildman–Crippen MR) is 70.4 cm³/mol. The van der Waals surface area contributed by atoms with Gasteiger partial charge in [0.15, 0.2) is 11.5 Å². The van der Waals surface area contributed by atoms with Crippen LogP contribution in [0.25, 0.3) is 0 Å². The molecule has 0 radical (unpaired) electrons. The van der Waals surface area contributed by atoms with Crippen molar-refractivity contribution in [2.24, 2.45) is 4.99 Å². The van der Waals surface area contributed by atoms with Crippen molar-refractivity contribution in [3.8, 4) is 17.2 Å². The van der Waals surface area contributed by atoms with E-state index in [9.17, 15) is 0 Å². The molecule has 0 aliphatic carbocycles. The molecule has 5 heteroatoms. The standard InChI is InChI=1S/C14H17NO4/c1-8-11(16-4)9(5-10-12(8)19-7-18-10)13-15-14(2,3)6-17-13/h5H,6-7H2,1-4H3. The highest BCUT2D eigenvalue weighted by Gasteiger charge is 2.31. The average Bonchev–Trinajstić information content (AvgIpc) is 2.95. The third kappa shape index (κ3) is 1.89. The Kier molecular flexibility index (Phi) is 2.59. The zero-order valence-corrected chi connectivity index (χ0v) is 11.6. The number of ether oxygens (including phenoxy) is 4. The zero-order valence-electron chi connectivity index (χ0n) is 11.6. The van der Waals surface area contributed by atoms with E-state index in [0.29, 0.717) is 18.3 Å². The van der Waals surface area contributed by atoms with Gasteiger partial charge in [0.05, 0.1) is 18.2 Å². The Labute approximate surface area is 112 Å². The van der Waals surface area contributed by atoms with Crippen molar-refractivity contribution < 1.29 is 18.9 Å². The van der Waals surface area contributed by atoms with Crippen molar-refractivity contribution in [3.05, 3.63) is 17.2 Å². The van der Waals surface area contributed by atoms with Gasteiger partial charge in [-0.15, -0.1) is 0 Å². The van der Waals surface area contributed by atoms with Crippen LogP contribution in [-0.4, -0.2) is 31.9 Å². The van der Waals surface area contributed by atoms with Crippen LogP contribution in [0.4, 0.5) is 0 Å². The zero-order chi connectivity index (χ0) is 13.6. The third-order valence-electron chi connectivity index (χ3n) is 3.24. The molecule has 2 heterocycles. The lowest BCUT2D eigenvalue weighted by atomic mass is 10.1. The predicted octanol–water partition coefficient (Wildman–Crippen LogP) is 2.29. The summed E-state index contributed by atoms with van der Waals surface area (Å²) < 4.78 is 22.1. The molecular weight excluding hydrogens is 246 g/mol. The molecule has 3 rings (SSSR count). The number of fused-ring (bicyclic) bond motifs is 1. The molecule has 2 aliphatic heterocycles. The molecule has 0 unspecified atom stereocenters. The molecule has 0 fully saturated rings. The van der Waals surface area contributed by atoms with E-state index < -0.39 is 0 Å². The summed E-state index contributed by atoms with van der Waals surface area (Å²) in [5.41, 5.74) is 1.52. The van der Waals surface area contributed by atoms with Crippen LogP contribution < -0.4 is 14.2 Å². The largest absolute Gasteiger partial charge is 0.495 e. The topological polar surface area (TPSA) is 49.3 Å². The van der Waals surface area contributed by atoms with E-state index >= 15 is 0 Å². The maximum absolute atomic E-state index is 5.69. The first-order chi connectivity index (χ1) is 9.02. The van der Waals surface area contributed by atoms with Gasteiger partial charge in [-0.3, -0.25) is 0 Å². The normalized spacial score (nSPS) is 19.1. The number of aliphatic imine (C=N–C) groups is 1. The first kappa shape index (κ1) is 12.1. The highest BCUT2D eigenvalue weighted by molar-refractivity contribution is 5.99. The van der Waals surface area contributed by atoms with Gasteiger partial charge in [-0.2, -0.15) is 0 Å². The van der Waals surface area contributed by atoms with E-state index in [4.69, 9.17) is 18.9 Å². The fourth-order valence-electron chi connectivity index (χ4n) is 2.33. The first-order valence-electron chi connectivity index (χ1n) is 6.22. The molecule has 0 amide bonds. The summed E-state index contributed by atoms with van der Waals surface area (Å²) in [5, 5.41) is 0. The molecule has 2 aliphatic rings. The summed E-state index contributed by atoms with van der Waals surface area (Å²) in [5.74, 6) is 2.77. The Morgan fingerprint density at radius 3 is 2.68 bits per heavy atom. The summed E-state index contributed by atoms with van der Waals surface area (Å²) in [4.78, 5) is 4.58. The van der Waals surface area contributed by atoms with Gasteiger partial charge in [0.1, 0.15) is 12.4 Å². The smallest absolute Gasteiger partial charge is 0.231 e. The number of methoxy groups -OCH3 is 1. The third-order valence-corrected chi connectivity index (χ3v) is 3.24. The van der Waals surface area contributed by atoms with E-state index in [-0.39, 0.29) is 12.3 Å². The van der Waals surface area contributed by atoms with Crippen molar-refractivity contribution in [1.29, 1.82) is 0 Å². The Bertz CT molecular complexity index is 563. The average molecular weight is 263 g/mol. The lowest BCUT2D eigenvalue weighted by Crippen LogP contribution is -2.17. The molecular formula is C14H17NO4. The quantitative estimate of drug-likeness (QED) is 0.821. The molecule has 1 aromatic carbocycles. The number of benzene rings is 1. The van der Waals surface area contributed by atoms with E-state index in [1.165, 1.54) is 0 Å². The number of hydrogen-bond acceptors (Lipinski definition) is 5. The van der Waals surface area contributed by atoms with E-state index in [1.807, 2.05) is 26.8 Å². The minimum absolute atomic E-state index is 0.204. The van der Waals surface area contributed by atoms with Crippen molar-refractivity contribution in [3.63, 3.8) is 0 Å². The van der Waals surface area contributed by atoms with Crippen LogP contribution in [-0.2, 0) is 4.74 Å². The molecule has 1 aromatic rings. The van der Waals surface area contributed by atoms with Gasteiger partial charge in [-0.25, -0.2) is 4.99 Å². The fourth-order valence-corrected chi connectivity index (χ4v) is 2.33. The van der Waals surface area contributed by atoms with Gasteiger partial charge < -0.3 is 18.9 Å². The Morgan fingerprint density at radius 1 is 1.26 bits per heavy atom. The molecule has 0 saturated heterocycles. The minimum atomic E-state index is -0.204. The molecule has 102 valence electrons. The molecule has 5 nitrogen and oxygen atoms in total. The van der Waals surface area contributed by atoms with Crippen molar-refractivity contribution >= 4 is 5.90 Å². The summed E-state index contributed by atoms with van der Waals surface area (Å²) in [6.07, 6.45) is 0. The number of nitrogens with zero attached hydrogens (tertiary/aromatic N) is 1. The summed E-state index contributed by atoms with van der Waals surface area (Å²) in [6.45, 7) is 6.82. The van der Waals surface area contributed by atoms with Crippen LogP contribution in [0.3, 0.4) is 0 Å². The second-order valence-electron chi connectivity index (χ2n) is 5.33. The second-order valence-corrected chi connectivity index (χ2v) is 5.33. The highest BCUT2D eigenvalue weighted by Crippen LogP contribution is 2.43. The first-order valence-corrected chi connectivity index (χ1v) is 6.22. The van der Waals surface area contributed by atoms with Gasteiger partial charge in [0.25, 0.3) is 0 Å². The molecule has 0 N–H and O–H groups in total. The summed E-state index contributed by atoms with van der Waals surface area (Å²) in [6, 6.07) is 1.87. The molecule has 0 spiro atoms. The maximum Gasteiger partial charge on any atom is 0.231 e. The lowest BCUT2D eigenvalue weighted by Gasteiger charge is -2.13. The Balaban J connectivity index is 2.14. The molecule has 0 bridgehead atoms. The van der Waals surface area contributed by atoms with Crippen LogP contribution in [0.5, 0.6) is 17.2 Å². The molecule has 0 atom stereocenters. The Hall–Kier alpha value is -1.91. The van der Waals surface area contributed by atoms with Crippen molar-refractivity contribution in [2.75, 3.05) is 20.5 Å². The van der Waals surface area contributed by atoms with Gasteiger partial charge in [-0.1, -0.05) is 0 Å². The van der Waals surface area contributed by atoms with Gasteiger partial charge in [0.2, 0.25) is 12.7 Å². The van der Waals surface area contributed by atoms with Crippen LogP contribution in [0.15, 0.2) is 11.1 Å². The van der Waals surface area contributed by atoms with Crippen molar-refractivity contribution in [2.45, 2.75) is 26.3 Å². The monoisotopic (exact) mass is 263 g/mol. The number of rotatable bonds is 2. The van der Waals surface area contributed by atoms with E-state index in [0.717, 1.165) is 22.6 Å². The fraction of sp³-hybridized carbons (Fsp3) is 0.500. The molecule has 0 saturated carbocycles. The van der Waals surface area contributed by atoms with Gasteiger partial charge in [0, 0.05) is 11.6 Å². The summed E-state index contributed by atoms with van der Waals surface area (Å²) >= 11 is 0. The molecule has 0 aromatic heterocycles. The Morgan fingerprint density at radius 2 is 2.05 bits per heavy atom. The highest BCUT2D eigenvalue weighted by atomic mass is 16.7. The van der Waals surface area contributed by atoms with E-state index in [2.05, 4.69) is 4.99 Å². The van der Waals surface area contributed by atoms with Gasteiger partial charge in [-0.05, 0) is 20.8 Å². The number of hydrogen-bond donors (Lipinski definition) is 0. The van der Waals surface area contributed by atoms with Crippen LogP contribution in [0.1, 0.15) is 25.0 Å². The second kappa shape index (κ2) is 4.05. The lowest BCUT2D eigenvalue weighted by molar-refractivity contribution is 0.173.